The zero-order chi connectivity index (χ0) is 21.4. The van der Waals surface area contributed by atoms with Gasteiger partial charge in [0.15, 0.2) is 11.5 Å². The first-order valence-corrected chi connectivity index (χ1v) is 10.8. The summed E-state index contributed by atoms with van der Waals surface area (Å²) >= 11 is 0. The summed E-state index contributed by atoms with van der Waals surface area (Å²) in [7, 11) is 0. The highest BCUT2D eigenvalue weighted by molar-refractivity contribution is 5.91. The largest absolute Gasteiger partial charge is 0.485 e. The van der Waals surface area contributed by atoms with Crippen molar-refractivity contribution in [2.75, 3.05) is 32.8 Å². The normalized spacial score (nSPS) is 25.0. The van der Waals surface area contributed by atoms with E-state index in [1.165, 1.54) is 6.42 Å². The van der Waals surface area contributed by atoms with Crippen LogP contribution in [-0.2, 0) is 9.59 Å². The number of furan rings is 1. The number of rotatable bonds is 4. The summed E-state index contributed by atoms with van der Waals surface area (Å²) in [5.74, 6) is 3.98. The van der Waals surface area contributed by atoms with Crippen LogP contribution < -0.4 is 9.47 Å². The van der Waals surface area contributed by atoms with E-state index in [-0.39, 0.29) is 18.4 Å². The fourth-order valence-electron chi connectivity index (χ4n) is 4.13. The number of benzene rings is 1. The Bertz CT molecular complexity index is 1000. The molecule has 2 aliphatic heterocycles. The third kappa shape index (κ3) is 4.17. The van der Waals surface area contributed by atoms with Crippen molar-refractivity contribution in [1.29, 1.82) is 0 Å². The molecule has 1 saturated heterocycles. The summed E-state index contributed by atoms with van der Waals surface area (Å²) in [6.45, 7) is 4.34. The van der Waals surface area contributed by atoms with E-state index in [2.05, 4.69) is 6.92 Å². The standard InChI is InChI=1S/C24H26N2O5/c1-16-14-18(16)19-8-6-17(30-19)7-9-23(27)25-10-12-26(13-11-25)24(28)22-15-29-20-4-2-3-5-21(20)31-22/h2-9,16,18,22H,10-15H2,1H3/b9-7+. The Labute approximate surface area is 181 Å². The van der Waals surface area contributed by atoms with Gasteiger partial charge in [0, 0.05) is 38.2 Å². The zero-order valence-corrected chi connectivity index (χ0v) is 17.5. The first-order chi connectivity index (χ1) is 15.1. The van der Waals surface area contributed by atoms with Crippen LogP contribution in [0, 0.1) is 5.92 Å². The number of para-hydroxylation sites is 2. The predicted octanol–water partition coefficient (Wildman–Crippen LogP) is 2.93. The van der Waals surface area contributed by atoms with Gasteiger partial charge in [-0.1, -0.05) is 19.1 Å². The highest BCUT2D eigenvalue weighted by Gasteiger charge is 2.36. The highest BCUT2D eigenvalue weighted by Crippen LogP contribution is 2.47. The van der Waals surface area contributed by atoms with Gasteiger partial charge in [0.1, 0.15) is 18.1 Å². The van der Waals surface area contributed by atoms with E-state index in [4.69, 9.17) is 13.9 Å². The van der Waals surface area contributed by atoms with Gasteiger partial charge in [-0.3, -0.25) is 9.59 Å². The van der Waals surface area contributed by atoms with Crippen LogP contribution in [0.3, 0.4) is 0 Å². The van der Waals surface area contributed by atoms with Crippen molar-refractivity contribution in [2.24, 2.45) is 5.92 Å². The van der Waals surface area contributed by atoms with Crippen LogP contribution in [0.5, 0.6) is 11.5 Å². The van der Waals surface area contributed by atoms with Crippen molar-refractivity contribution < 1.29 is 23.5 Å². The Kier molecular flexibility index (Phi) is 5.18. The van der Waals surface area contributed by atoms with Gasteiger partial charge in [-0.25, -0.2) is 0 Å². The SMILES string of the molecule is CC1CC1c1ccc(/C=C/C(=O)N2CCN(C(=O)C3COc4ccccc4O3)CC2)o1. The molecule has 2 aromatic rings. The summed E-state index contributed by atoms with van der Waals surface area (Å²) in [6.07, 6.45) is 3.79. The molecule has 1 saturated carbocycles. The lowest BCUT2D eigenvalue weighted by molar-refractivity contribution is -0.145. The lowest BCUT2D eigenvalue weighted by atomic mass is 10.2. The molecular weight excluding hydrogens is 396 g/mol. The van der Waals surface area contributed by atoms with Crippen LogP contribution in [0.25, 0.3) is 6.08 Å². The predicted molar refractivity (Wildman–Crippen MR) is 114 cm³/mol. The summed E-state index contributed by atoms with van der Waals surface area (Å²) < 4.78 is 17.3. The van der Waals surface area contributed by atoms with E-state index in [0.29, 0.717) is 55.3 Å². The van der Waals surface area contributed by atoms with Gasteiger partial charge in [0.05, 0.1) is 0 Å². The van der Waals surface area contributed by atoms with Crippen LogP contribution in [0.15, 0.2) is 46.9 Å². The van der Waals surface area contributed by atoms with Crippen molar-refractivity contribution in [1.82, 2.24) is 9.80 Å². The second-order valence-electron chi connectivity index (χ2n) is 8.41. The second-order valence-corrected chi connectivity index (χ2v) is 8.41. The number of hydrogen-bond acceptors (Lipinski definition) is 5. The van der Waals surface area contributed by atoms with Gasteiger partial charge in [-0.05, 0) is 42.7 Å². The molecule has 0 radical (unpaired) electrons. The molecule has 1 aliphatic carbocycles. The molecule has 0 N–H and O–H groups in total. The van der Waals surface area contributed by atoms with E-state index in [1.54, 1.807) is 28.0 Å². The molecular formula is C24H26N2O5. The van der Waals surface area contributed by atoms with Gasteiger partial charge in [0.25, 0.3) is 5.91 Å². The third-order valence-corrected chi connectivity index (χ3v) is 6.20. The van der Waals surface area contributed by atoms with Crippen LogP contribution in [0.4, 0.5) is 0 Å². The monoisotopic (exact) mass is 422 g/mol. The maximum atomic E-state index is 12.8. The third-order valence-electron chi connectivity index (χ3n) is 6.20. The maximum absolute atomic E-state index is 12.8. The number of piperazine rings is 1. The number of hydrogen-bond donors (Lipinski definition) is 0. The average Bonchev–Trinajstić information content (AvgIpc) is 3.35. The van der Waals surface area contributed by atoms with Crippen molar-refractivity contribution in [3.05, 3.63) is 54.0 Å². The van der Waals surface area contributed by atoms with E-state index < -0.39 is 6.10 Å². The molecule has 3 atom stereocenters. The van der Waals surface area contributed by atoms with Crippen molar-refractivity contribution >= 4 is 17.9 Å². The first-order valence-electron chi connectivity index (χ1n) is 10.8. The number of fused-ring (bicyclic) bond motifs is 1. The lowest BCUT2D eigenvalue weighted by Gasteiger charge is -2.36. The van der Waals surface area contributed by atoms with Crippen molar-refractivity contribution in [2.45, 2.75) is 25.4 Å². The molecule has 2 fully saturated rings. The fourth-order valence-corrected chi connectivity index (χ4v) is 4.13. The molecule has 3 aliphatic rings. The minimum atomic E-state index is -0.653. The summed E-state index contributed by atoms with van der Waals surface area (Å²) in [5.41, 5.74) is 0. The molecule has 162 valence electrons. The van der Waals surface area contributed by atoms with E-state index in [1.807, 2.05) is 30.3 Å². The van der Waals surface area contributed by atoms with Crippen molar-refractivity contribution in [3.8, 4) is 11.5 Å². The second kappa shape index (κ2) is 8.13. The van der Waals surface area contributed by atoms with Crippen LogP contribution in [0.2, 0.25) is 0 Å². The van der Waals surface area contributed by atoms with Gasteiger partial charge in [0.2, 0.25) is 12.0 Å². The molecule has 3 heterocycles. The molecule has 7 heteroatoms. The van der Waals surface area contributed by atoms with Crippen molar-refractivity contribution in [3.63, 3.8) is 0 Å². The topological polar surface area (TPSA) is 72.2 Å². The number of nitrogens with zero attached hydrogens (tertiary/aromatic N) is 2. The smallest absolute Gasteiger partial charge is 0.267 e. The lowest BCUT2D eigenvalue weighted by Crippen LogP contribution is -2.54. The molecule has 5 rings (SSSR count). The van der Waals surface area contributed by atoms with Gasteiger partial charge >= 0.3 is 0 Å². The maximum Gasteiger partial charge on any atom is 0.267 e. The molecule has 7 nitrogen and oxygen atoms in total. The summed E-state index contributed by atoms with van der Waals surface area (Å²) in [5, 5.41) is 0. The van der Waals surface area contributed by atoms with Crippen LogP contribution in [-0.4, -0.2) is 60.5 Å². The minimum Gasteiger partial charge on any atom is -0.485 e. The van der Waals surface area contributed by atoms with E-state index in [9.17, 15) is 9.59 Å². The summed E-state index contributed by atoms with van der Waals surface area (Å²) in [6, 6.07) is 11.2. The van der Waals surface area contributed by atoms with Gasteiger partial charge in [-0.15, -0.1) is 0 Å². The molecule has 1 aromatic heterocycles. The van der Waals surface area contributed by atoms with Crippen LogP contribution >= 0.6 is 0 Å². The molecule has 31 heavy (non-hydrogen) atoms. The first kappa shape index (κ1) is 19.7. The Morgan fingerprint density at radius 2 is 1.71 bits per heavy atom. The Balaban J connectivity index is 1.12. The van der Waals surface area contributed by atoms with E-state index >= 15 is 0 Å². The Morgan fingerprint density at radius 1 is 1.00 bits per heavy atom. The molecule has 2 amide bonds. The van der Waals surface area contributed by atoms with Gasteiger partial charge in [-0.2, -0.15) is 0 Å². The minimum absolute atomic E-state index is 0.0731. The fraction of sp³-hybridized carbons (Fsp3) is 0.417. The number of carbonyl (C=O) groups is 2. The van der Waals surface area contributed by atoms with E-state index in [0.717, 1.165) is 5.76 Å². The Hall–Kier alpha value is -3.22. The average molecular weight is 422 g/mol. The molecule has 3 unspecified atom stereocenters. The summed E-state index contributed by atoms with van der Waals surface area (Å²) in [4.78, 5) is 28.9. The van der Waals surface area contributed by atoms with Gasteiger partial charge < -0.3 is 23.7 Å². The number of amides is 2. The zero-order valence-electron chi connectivity index (χ0n) is 17.5. The Morgan fingerprint density at radius 3 is 2.45 bits per heavy atom. The quantitative estimate of drug-likeness (QED) is 0.709. The molecule has 0 bridgehead atoms. The molecule has 0 spiro atoms. The number of carbonyl (C=O) groups excluding carboxylic acids is 2. The van der Waals surface area contributed by atoms with Crippen LogP contribution in [0.1, 0.15) is 30.8 Å². The number of ether oxygens (including phenoxy) is 2. The molecule has 1 aromatic carbocycles. The highest BCUT2D eigenvalue weighted by atomic mass is 16.6.